The summed E-state index contributed by atoms with van der Waals surface area (Å²) >= 11 is 6.03. The molecule has 5 nitrogen and oxygen atoms in total. The lowest BCUT2D eigenvalue weighted by molar-refractivity contribution is -0.384. The highest BCUT2D eigenvalue weighted by Gasteiger charge is 2.17. The number of nitro groups is 1. The zero-order valence-electron chi connectivity index (χ0n) is 9.72. The number of hydrogen-bond acceptors (Lipinski definition) is 4. The Hall–Kier alpha value is -1.72. The fraction of sp³-hybridized carbons (Fsp3) is 0.250. The van der Waals surface area contributed by atoms with Crippen LogP contribution < -0.4 is 0 Å². The number of fused-ring (bicyclic) bond motifs is 1. The van der Waals surface area contributed by atoms with Gasteiger partial charge in [0.15, 0.2) is 0 Å². The SMILES string of the molecule is COCCc1cccc2c(Cl)c([N+](=O)[O-])cnc12. The fourth-order valence-electron chi connectivity index (χ4n) is 1.78. The molecule has 2 rings (SSSR count). The van der Waals surface area contributed by atoms with Gasteiger partial charge < -0.3 is 4.74 Å². The molecule has 0 aliphatic heterocycles. The van der Waals surface area contributed by atoms with Crippen LogP contribution in [0.5, 0.6) is 0 Å². The third-order valence-corrected chi connectivity index (χ3v) is 3.07. The van der Waals surface area contributed by atoms with Crippen molar-refractivity contribution in [1.29, 1.82) is 0 Å². The number of nitrogens with zero attached hydrogens (tertiary/aromatic N) is 2. The highest BCUT2D eigenvalue weighted by molar-refractivity contribution is 6.37. The Morgan fingerprint density at radius 2 is 2.28 bits per heavy atom. The molecule has 94 valence electrons. The number of methoxy groups -OCH3 is 1. The molecule has 0 bridgehead atoms. The van der Waals surface area contributed by atoms with E-state index in [1.165, 1.54) is 6.20 Å². The number of hydrogen-bond donors (Lipinski definition) is 0. The van der Waals surface area contributed by atoms with Crippen LogP contribution >= 0.6 is 11.6 Å². The van der Waals surface area contributed by atoms with E-state index in [9.17, 15) is 10.1 Å². The zero-order valence-corrected chi connectivity index (χ0v) is 10.5. The predicted octanol–water partition coefficient (Wildman–Crippen LogP) is 2.99. The van der Waals surface area contributed by atoms with Crippen LogP contribution in [0.2, 0.25) is 5.02 Å². The Morgan fingerprint density at radius 1 is 1.50 bits per heavy atom. The first kappa shape index (κ1) is 12.7. The van der Waals surface area contributed by atoms with Gasteiger partial charge in [0.05, 0.1) is 17.0 Å². The highest BCUT2D eigenvalue weighted by atomic mass is 35.5. The van der Waals surface area contributed by atoms with E-state index in [1.807, 2.05) is 12.1 Å². The largest absolute Gasteiger partial charge is 0.384 e. The van der Waals surface area contributed by atoms with Gasteiger partial charge in [-0.15, -0.1) is 0 Å². The van der Waals surface area contributed by atoms with E-state index in [0.717, 1.165) is 5.56 Å². The molecule has 2 aromatic rings. The number of halogens is 1. The summed E-state index contributed by atoms with van der Waals surface area (Å²) in [6.45, 7) is 0.565. The third kappa shape index (κ3) is 2.27. The maximum atomic E-state index is 10.8. The van der Waals surface area contributed by atoms with Gasteiger partial charge in [-0.05, 0) is 12.0 Å². The van der Waals surface area contributed by atoms with Crippen LogP contribution in [0, 0.1) is 10.1 Å². The van der Waals surface area contributed by atoms with Gasteiger partial charge >= 0.3 is 5.69 Å². The van der Waals surface area contributed by atoms with Crippen LogP contribution in [0.1, 0.15) is 5.56 Å². The number of aromatic nitrogens is 1. The number of pyridine rings is 1. The Morgan fingerprint density at radius 3 is 2.94 bits per heavy atom. The molecule has 6 heteroatoms. The van der Waals surface area contributed by atoms with Crippen LogP contribution in [0.4, 0.5) is 5.69 Å². The molecule has 0 N–H and O–H groups in total. The summed E-state index contributed by atoms with van der Waals surface area (Å²) < 4.78 is 5.02. The van der Waals surface area contributed by atoms with Crippen molar-refractivity contribution in [3.63, 3.8) is 0 Å². The van der Waals surface area contributed by atoms with Gasteiger partial charge in [-0.1, -0.05) is 29.8 Å². The monoisotopic (exact) mass is 266 g/mol. The topological polar surface area (TPSA) is 65.3 Å². The molecule has 0 atom stereocenters. The smallest absolute Gasteiger partial charge is 0.306 e. The minimum atomic E-state index is -0.531. The third-order valence-electron chi connectivity index (χ3n) is 2.67. The number of rotatable bonds is 4. The zero-order chi connectivity index (χ0) is 13.1. The van der Waals surface area contributed by atoms with E-state index in [2.05, 4.69) is 4.98 Å². The summed E-state index contributed by atoms with van der Waals surface area (Å²) in [6, 6.07) is 5.45. The highest BCUT2D eigenvalue weighted by Crippen LogP contribution is 2.32. The second kappa shape index (κ2) is 5.29. The fourth-order valence-corrected chi connectivity index (χ4v) is 2.05. The normalized spacial score (nSPS) is 10.8. The lowest BCUT2D eigenvalue weighted by atomic mass is 10.1. The number of ether oxygens (including phenoxy) is 1. The van der Waals surface area contributed by atoms with E-state index in [0.29, 0.717) is 23.9 Å². The van der Waals surface area contributed by atoms with Crippen molar-refractivity contribution in [2.75, 3.05) is 13.7 Å². The van der Waals surface area contributed by atoms with Crippen molar-refractivity contribution in [1.82, 2.24) is 4.98 Å². The van der Waals surface area contributed by atoms with E-state index in [-0.39, 0.29) is 10.7 Å². The molecular weight excluding hydrogens is 256 g/mol. The molecule has 1 aromatic heterocycles. The molecule has 18 heavy (non-hydrogen) atoms. The first-order valence-corrected chi connectivity index (χ1v) is 5.72. The predicted molar refractivity (Wildman–Crippen MR) is 69.0 cm³/mol. The van der Waals surface area contributed by atoms with Gasteiger partial charge in [-0.25, -0.2) is 4.98 Å². The average molecular weight is 267 g/mol. The molecule has 0 saturated carbocycles. The standard InChI is InChI=1S/C12H11ClN2O3/c1-18-6-5-8-3-2-4-9-11(13)10(15(16)17)7-14-12(8)9/h2-4,7H,5-6H2,1H3. The van der Waals surface area contributed by atoms with E-state index in [1.54, 1.807) is 13.2 Å². The van der Waals surface area contributed by atoms with Crippen molar-refractivity contribution in [2.45, 2.75) is 6.42 Å². The molecule has 0 radical (unpaired) electrons. The van der Waals surface area contributed by atoms with Crippen molar-refractivity contribution >= 4 is 28.2 Å². The lowest BCUT2D eigenvalue weighted by Gasteiger charge is -2.06. The van der Waals surface area contributed by atoms with Crippen LogP contribution in [0.25, 0.3) is 10.9 Å². The maximum absolute atomic E-state index is 10.8. The summed E-state index contributed by atoms with van der Waals surface area (Å²) in [5.74, 6) is 0. The van der Waals surface area contributed by atoms with Gasteiger partial charge in [0, 0.05) is 12.5 Å². The molecule has 0 spiro atoms. The summed E-state index contributed by atoms with van der Waals surface area (Å²) in [6.07, 6.45) is 1.88. The van der Waals surface area contributed by atoms with Crippen LogP contribution in [-0.4, -0.2) is 23.6 Å². The lowest BCUT2D eigenvalue weighted by Crippen LogP contribution is -1.98. The second-order valence-electron chi connectivity index (χ2n) is 3.77. The minimum absolute atomic E-state index is 0.129. The number of para-hydroxylation sites is 1. The van der Waals surface area contributed by atoms with Gasteiger partial charge in [0.25, 0.3) is 0 Å². The second-order valence-corrected chi connectivity index (χ2v) is 4.15. The molecule has 0 unspecified atom stereocenters. The maximum Gasteiger partial charge on any atom is 0.306 e. The Balaban J connectivity index is 2.59. The molecule has 1 aromatic carbocycles. The van der Waals surface area contributed by atoms with Crippen LogP contribution in [0.3, 0.4) is 0 Å². The molecule has 0 saturated heterocycles. The van der Waals surface area contributed by atoms with Gasteiger partial charge in [0.2, 0.25) is 0 Å². The summed E-state index contributed by atoms with van der Waals surface area (Å²) in [7, 11) is 1.62. The molecule has 0 amide bonds. The van der Waals surface area contributed by atoms with Crippen molar-refractivity contribution in [3.8, 4) is 0 Å². The van der Waals surface area contributed by atoms with Crippen molar-refractivity contribution in [2.24, 2.45) is 0 Å². The molecule has 1 heterocycles. The molecule has 0 fully saturated rings. The van der Waals surface area contributed by atoms with E-state index < -0.39 is 4.92 Å². The van der Waals surface area contributed by atoms with Gasteiger partial charge in [-0.2, -0.15) is 0 Å². The summed E-state index contributed by atoms with van der Waals surface area (Å²) in [5.41, 5.74) is 1.48. The van der Waals surface area contributed by atoms with E-state index >= 15 is 0 Å². The molecule has 0 aliphatic carbocycles. The first-order valence-electron chi connectivity index (χ1n) is 5.34. The quantitative estimate of drug-likeness (QED) is 0.630. The van der Waals surface area contributed by atoms with Crippen molar-refractivity contribution < 1.29 is 9.66 Å². The van der Waals surface area contributed by atoms with Gasteiger partial charge in [0.1, 0.15) is 11.2 Å². The Labute approximate surface area is 108 Å². The first-order chi connectivity index (χ1) is 8.65. The van der Waals surface area contributed by atoms with Crippen molar-refractivity contribution in [3.05, 3.63) is 45.1 Å². The Kier molecular flexibility index (Phi) is 3.74. The van der Waals surface area contributed by atoms with Crippen LogP contribution in [-0.2, 0) is 11.2 Å². The minimum Gasteiger partial charge on any atom is -0.384 e. The summed E-state index contributed by atoms with van der Waals surface area (Å²) in [5, 5.41) is 11.5. The molecule has 0 aliphatic rings. The van der Waals surface area contributed by atoms with Gasteiger partial charge in [-0.3, -0.25) is 10.1 Å². The van der Waals surface area contributed by atoms with E-state index in [4.69, 9.17) is 16.3 Å². The average Bonchev–Trinajstić information content (AvgIpc) is 2.36. The van der Waals surface area contributed by atoms with Crippen LogP contribution in [0.15, 0.2) is 24.4 Å². The number of benzene rings is 1. The Bertz CT molecular complexity index is 601. The molecular formula is C12H11ClN2O3. The summed E-state index contributed by atoms with van der Waals surface area (Å²) in [4.78, 5) is 14.4.